The van der Waals surface area contributed by atoms with E-state index >= 15 is 0 Å². The number of aliphatic carboxylic acids is 1. The van der Waals surface area contributed by atoms with Crippen LogP contribution in [-0.2, 0) is 4.79 Å². The number of hydrogen-bond acceptors (Lipinski definition) is 3. The number of nitrogens with zero attached hydrogens (tertiary/aromatic N) is 2. The molecule has 19 heavy (non-hydrogen) atoms. The molecule has 1 aromatic carbocycles. The average molecular weight is 256 g/mol. The minimum absolute atomic E-state index is 0.0531. The SMILES string of the molecule is Cc1ccc(N2C3CCC2C(C(=O)O)C3)c(C#N)c1. The lowest BCUT2D eigenvalue weighted by molar-refractivity contribution is -0.142. The van der Waals surface area contributed by atoms with E-state index in [2.05, 4.69) is 11.0 Å². The highest BCUT2D eigenvalue weighted by atomic mass is 16.4. The van der Waals surface area contributed by atoms with Crippen molar-refractivity contribution in [1.29, 1.82) is 5.26 Å². The molecular formula is C15H16N2O2. The van der Waals surface area contributed by atoms with Crippen LogP contribution in [0.25, 0.3) is 0 Å². The second kappa shape index (κ2) is 4.27. The first kappa shape index (κ1) is 12.0. The quantitative estimate of drug-likeness (QED) is 0.881. The number of carboxylic acid groups (broad SMARTS) is 1. The summed E-state index contributed by atoms with van der Waals surface area (Å²) >= 11 is 0. The molecule has 0 spiro atoms. The van der Waals surface area contributed by atoms with Gasteiger partial charge in [-0.2, -0.15) is 5.26 Å². The Labute approximate surface area is 112 Å². The molecule has 3 rings (SSSR count). The van der Waals surface area contributed by atoms with Gasteiger partial charge in [0.05, 0.1) is 17.2 Å². The average Bonchev–Trinajstić information content (AvgIpc) is 2.96. The van der Waals surface area contributed by atoms with Gasteiger partial charge in [0.1, 0.15) is 6.07 Å². The van der Waals surface area contributed by atoms with Gasteiger partial charge in [0.15, 0.2) is 0 Å². The van der Waals surface area contributed by atoms with E-state index < -0.39 is 5.97 Å². The summed E-state index contributed by atoms with van der Waals surface area (Å²) in [4.78, 5) is 13.5. The number of anilines is 1. The van der Waals surface area contributed by atoms with Gasteiger partial charge in [-0.15, -0.1) is 0 Å². The second-order valence-corrected chi connectivity index (χ2v) is 5.52. The smallest absolute Gasteiger partial charge is 0.308 e. The zero-order valence-corrected chi connectivity index (χ0v) is 10.8. The van der Waals surface area contributed by atoms with Crippen LogP contribution in [0.15, 0.2) is 18.2 Å². The van der Waals surface area contributed by atoms with Crippen molar-refractivity contribution in [2.45, 2.75) is 38.3 Å². The Morgan fingerprint density at radius 3 is 2.89 bits per heavy atom. The Bertz CT molecular complexity index is 576. The van der Waals surface area contributed by atoms with Crippen LogP contribution in [-0.4, -0.2) is 23.2 Å². The molecule has 3 unspecified atom stereocenters. The number of hydrogen-bond donors (Lipinski definition) is 1. The first-order valence-corrected chi connectivity index (χ1v) is 6.63. The molecular weight excluding hydrogens is 240 g/mol. The molecule has 0 radical (unpaired) electrons. The zero-order valence-electron chi connectivity index (χ0n) is 10.8. The molecule has 2 saturated heterocycles. The van der Waals surface area contributed by atoms with Crippen molar-refractivity contribution in [2.75, 3.05) is 4.90 Å². The highest BCUT2D eigenvalue weighted by Gasteiger charge is 2.49. The van der Waals surface area contributed by atoms with Crippen molar-refractivity contribution >= 4 is 11.7 Å². The van der Waals surface area contributed by atoms with E-state index in [1.54, 1.807) is 0 Å². The molecule has 2 bridgehead atoms. The fourth-order valence-electron chi connectivity index (χ4n) is 3.59. The minimum Gasteiger partial charge on any atom is -0.481 e. The monoisotopic (exact) mass is 256 g/mol. The van der Waals surface area contributed by atoms with Crippen molar-refractivity contribution in [1.82, 2.24) is 0 Å². The normalized spacial score (nSPS) is 28.4. The Hall–Kier alpha value is -2.02. The van der Waals surface area contributed by atoms with E-state index in [1.807, 2.05) is 25.1 Å². The van der Waals surface area contributed by atoms with Gasteiger partial charge in [-0.05, 0) is 43.9 Å². The largest absolute Gasteiger partial charge is 0.481 e. The molecule has 2 aliphatic rings. The Morgan fingerprint density at radius 1 is 1.47 bits per heavy atom. The van der Waals surface area contributed by atoms with Crippen LogP contribution in [0.2, 0.25) is 0 Å². The highest BCUT2D eigenvalue weighted by Crippen LogP contribution is 2.45. The van der Waals surface area contributed by atoms with Crippen molar-refractivity contribution in [3.05, 3.63) is 29.3 Å². The van der Waals surface area contributed by atoms with Gasteiger partial charge < -0.3 is 10.0 Å². The number of aryl methyl sites for hydroxylation is 1. The summed E-state index contributed by atoms with van der Waals surface area (Å²) in [5, 5.41) is 18.6. The lowest BCUT2D eigenvalue weighted by atomic mass is 9.89. The summed E-state index contributed by atoms with van der Waals surface area (Å²) in [6, 6.07) is 8.40. The van der Waals surface area contributed by atoms with Gasteiger partial charge in [-0.3, -0.25) is 4.79 Å². The lowest BCUT2D eigenvalue weighted by Gasteiger charge is -2.26. The highest BCUT2D eigenvalue weighted by molar-refractivity contribution is 5.75. The zero-order chi connectivity index (χ0) is 13.6. The molecule has 0 saturated carbocycles. The molecule has 3 atom stereocenters. The van der Waals surface area contributed by atoms with Gasteiger partial charge in [0.25, 0.3) is 0 Å². The first-order chi connectivity index (χ1) is 9.11. The molecule has 1 N–H and O–H groups in total. The number of nitriles is 1. The maximum Gasteiger partial charge on any atom is 0.308 e. The van der Waals surface area contributed by atoms with Crippen LogP contribution < -0.4 is 4.90 Å². The van der Waals surface area contributed by atoms with Crippen LogP contribution in [0.4, 0.5) is 5.69 Å². The Morgan fingerprint density at radius 2 is 2.26 bits per heavy atom. The Kier molecular flexibility index (Phi) is 2.70. The van der Waals surface area contributed by atoms with Crippen molar-refractivity contribution in [2.24, 2.45) is 5.92 Å². The molecule has 98 valence electrons. The van der Waals surface area contributed by atoms with Crippen molar-refractivity contribution < 1.29 is 9.90 Å². The van der Waals surface area contributed by atoms with E-state index in [0.717, 1.165) is 24.1 Å². The van der Waals surface area contributed by atoms with Crippen LogP contribution in [0.5, 0.6) is 0 Å². The summed E-state index contributed by atoms with van der Waals surface area (Å²) in [6.07, 6.45) is 2.66. The van der Waals surface area contributed by atoms with Crippen molar-refractivity contribution in [3.63, 3.8) is 0 Å². The molecule has 0 amide bonds. The Balaban J connectivity index is 2.00. The van der Waals surface area contributed by atoms with Gasteiger partial charge in [-0.25, -0.2) is 0 Å². The van der Waals surface area contributed by atoms with E-state index in [0.29, 0.717) is 12.0 Å². The summed E-state index contributed by atoms with van der Waals surface area (Å²) in [6.45, 7) is 1.96. The molecule has 1 aromatic rings. The third-order valence-corrected chi connectivity index (χ3v) is 4.40. The molecule has 4 nitrogen and oxygen atoms in total. The van der Waals surface area contributed by atoms with Crippen molar-refractivity contribution in [3.8, 4) is 6.07 Å². The van der Waals surface area contributed by atoms with E-state index in [1.165, 1.54) is 0 Å². The molecule has 2 heterocycles. The second-order valence-electron chi connectivity index (χ2n) is 5.52. The number of carboxylic acids is 1. The van der Waals surface area contributed by atoms with E-state index in [9.17, 15) is 15.2 Å². The summed E-state index contributed by atoms with van der Waals surface area (Å²) in [5.74, 6) is -0.991. The number of rotatable bonds is 2. The van der Waals surface area contributed by atoms with Gasteiger partial charge >= 0.3 is 5.97 Å². The van der Waals surface area contributed by atoms with Crippen LogP contribution >= 0.6 is 0 Å². The minimum atomic E-state index is -0.706. The number of benzene rings is 1. The number of fused-ring (bicyclic) bond motifs is 2. The summed E-state index contributed by atoms with van der Waals surface area (Å²) in [5.41, 5.74) is 2.62. The topological polar surface area (TPSA) is 64.3 Å². The molecule has 0 aliphatic carbocycles. The molecule has 2 aliphatic heterocycles. The number of carbonyl (C=O) groups is 1. The first-order valence-electron chi connectivity index (χ1n) is 6.63. The maximum atomic E-state index is 11.3. The standard InChI is InChI=1S/C15H16N2O2/c1-9-2-4-13(10(6-9)8-16)17-11-3-5-14(17)12(7-11)15(18)19/h2,4,6,11-12,14H,3,5,7H2,1H3,(H,18,19). The fraction of sp³-hybridized carbons (Fsp3) is 0.467. The fourth-order valence-corrected chi connectivity index (χ4v) is 3.59. The van der Waals surface area contributed by atoms with Gasteiger partial charge in [-0.1, -0.05) is 6.07 Å². The third-order valence-electron chi connectivity index (χ3n) is 4.40. The summed E-state index contributed by atoms with van der Waals surface area (Å²) in [7, 11) is 0. The molecule has 2 fully saturated rings. The predicted octanol–water partition coefficient (Wildman–Crippen LogP) is 2.31. The van der Waals surface area contributed by atoms with E-state index in [-0.39, 0.29) is 18.0 Å². The third kappa shape index (κ3) is 1.77. The lowest BCUT2D eigenvalue weighted by Crippen LogP contribution is -2.33. The molecule has 0 aromatic heterocycles. The van der Waals surface area contributed by atoms with Gasteiger partial charge in [0.2, 0.25) is 0 Å². The predicted molar refractivity (Wildman–Crippen MR) is 70.9 cm³/mol. The molecule has 4 heteroatoms. The van der Waals surface area contributed by atoms with E-state index in [4.69, 9.17) is 0 Å². The van der Waals surface area contributed by atoms with Crippen LogP contribution in [0.1, 0.15) is 30.4 Å². The summed E-state index contributed by atoms with van der Waals surface area (Å²) < 4.78 is 0. The van der Waals surface area contributed by atoms with Crippen LogP contribution in [0, 0.1) is 24.2 Å². The van der Waals surface area contributed by atoms with Crippen LogP contribution in [0.3, 0.4) is 0 Å². The maximum absolute atomic E-state index is 11.3. The van der Waals surface area contributed by atoms with Gasteiger partial charge in [0, 0.05) is 12.1 Å².